The molecule has 0 aliphatic carbocycles. The van der Waals surface area contributed by atoms with Gasteiger partial charge in [-0.15, -0.1) is 0 Å². The summed E-state index contributed by atoms with van der Waals surface area (Å²) in [6, 6.07) is 11.3. The topological polar surface area (TPSA) is 90.8 Å². The van der Waals surface area contributed by atoms with Crippen molar-refractivity contribution in [3.63, 3.8) is 0 Å². The maximum atomic E-state index is 12.4. The lowest BCUT2D eigenvalue weighted by Gasteiger charge is -2.26. The molecule has 0 aromatic heterocycles. The van der Waals surface area contributed by atoms with Gasteiger partial charge in [0.1, 0.15) is 17.5 Å². The molecule has 2 aromatic carbocycles. The third kappa shape index (κ3) is 5.81. The van der Waals surface area contributed by atoms with Gasteiger partial charge in [0.25, 0.3) is 0 Å². The number of rotatable bonds is 4. The monoisotopic (exact) mass is 413 g/mol. The Bertz CT molecular complexity index is 911. The summed E-state index contributed by atoms with van der Waals surface area (Å²) in [6.45, 7) is 13.8. The quantitative estimate of drug-likeness (QED) is 0.631. The Balaban J connectivity index is 2.22. The van der Waals surface area contributed by atoms with Crippen LogP contribution in [-0.4, -0.2) is 18.7 Å². The predicted molar refractivity (Wildman–Crippen MR) is 124 cm³/mol. The number of amides is 1. The molecule has 0 radical (unpaired) electrons. The van der Waals surface area contributed by atoms with E-state index >= 15 is 0 Å². The van der Waals surface area contributed by atoms with Crippen LogP contribution in [0, 0.1) is 0 Å². The number of nitrogens with zero attached hydrogens (tertiary/aromatic N) is 1. The maximum absolute atomic E-state index is 12.4. The van der Waals surface area contributed by atoms with Crippen LogP contribution in [0.5, 0.6) is 5.75 Å². The summed E-state index contributed by atoms with van der Waals surface area (Å²) in [5.74, 6) is 0.598. The van der Waals surface area contributed by atoms with Crippen molar-refractivity contribution in [3.8, 4) is 5.75 Å². The second kappa shape index (κ2) is 8.46. The number of hydrogen-bond acceptors (Lipinski definition) is 5. The number of nitrogen functional groups attached to an aromatic ring is 2. The molecule has 0 heterocycles. The van der Waals surface area contributed by atoms with Gasteiger partial charge in [-0.3, -0.25) is 4.90 Å². The van der Waals surface area contributed by atoms with Crippen LogP contribution in [0.1, 0.15) is 65.7 Å². The third-order valence-corrected chi connectivity index (χ3v) is 4.70. The van der Waals surface area contributed by atoms with Gasteiger partial charge in [0.15, 0.2) is 0 Å². The van der Waals surface area contributed by atoms with E-state index < -0.39 is 11.7 Å². The Morgan fingerprint density at radius 1 is 0.967 bits per heavy atom. The largest absolute Gasteiger partial charge is 0.486 e. The molecule has 4 N–H and O–H groups in total. The van der Waals surface area contributed by atoms with E-state index in [0.29, 0.717) is 17.1 Å². The molecule has 1 unspecified atom stereocenters. The summed E-state index contributed by atoms with van der Waals surface area (Å²) in [6.07, 6.45) is -0.713. The highest BCUT2D eigenvalue weighted by Crippen LogP contribution is 2.33. The van der Waals surface area contributed by atoms with Crippen LogP contribution in [0.2, 0.25) is 0 Å². The van der Waals surface area contributed by atoms with Gasteiger partial charge in [0, 0.05) is 18.8 Å². The van der Waals surface area contributed by atoms with Crippen LogP contribution < -0.4 is 21.1 Å². The third-order valence-electron chi connectivity index (χ3n) is 4.70. The van der Waals surface area contributed by atoms with Gasteiger partial charge in [-0.25, -0.2) is 4.79 Å². The van der Waals surface area contributed by atoms with Crippen molar-refractivity contribution in [2.45, 2.75) is 65.6 Å². The fourth-order valence-corrected chi connectivity index (χ4v) is 3.11. The predicted octanol–water partition coefficient (Wildman–Crippen LogP) is 5.66. The molecule has 30 heavy (non-hydrogen) atoms. The lowest BCUT2D eigenvalue weighted by atomic mass is 9.85. The first-order valence-electron chi connectivity index (χ1n) is 10.1. The van der Waals surface area contributed by atoms with Gasteiger partial charge in [-0.05, 0) is 62.4 Å². The lowest BCUT2D eigenvalue weighted by Crippen LogP contribution is -2.34. The normalized spacial score (nSPS) is 12.9. The van der Waals surface area contributed by atoms with Crippen molar-refractivity contribution >= 4 is 23.2 Å². The number of anilines is 3. The maximum Gasteiger partial charge on any atom is 0.414 e. The Kier molecular flexibility index (Phi) is 6.60. The first-order chi connectivity index (χ1) is 13.7. The van der Waals surface area contributed by atoms with Crippen molar-refractivity contribution < 1.29 is 14.3 Å². The van der Waals surface area contributed by atoms with Crippen molar-refractivity contribution in [1.82, 2.24) is 0 Å². The first-order valence-corrected chi connectivity index (χ1v) is 10.1. The number of hydrogen-bond donors (Lipinski definition) is 2. The minimum absolute atomic E-state index is 0.0230. The summed E-state index contributed by atoms with van der Waals surface area (Å²) in [4.78, 5) is 13.8. The molecule has 0 aliphatic heterocycles. The molecule has 6 heteroatoms. The second-order valence-corrected chi connectivity index (χ2v) is 9.62. The van der Waals surface area contributed by atoms with Crippen molar-refractivity contribution in [2.24, 2.45) is 0 Å². The number of benzene rings is 2. The fourth-order valence-electron chi connectivity index (χ4n) is 3.11. The number of carbonyl (C=O) groups excluding carboxylic acids is 1. The van der Waals surface area contributed by atoms with E-state index in [1.165, 1.54) is 4.90 Å². The molecule has 0 aliphatic rings. The molecule has 1 amide bonds. The minimum atomic E-state index is -0.595. The highest BCUT2D eigenvalue weighted by atomic mass is 16.6. The lowest BCUT2D eigenvalue weighted by molar-refractivity contribution is 0.0589. The smallest absolute Gasteiger partial charge is 0.414 e. The summed E-state index contributed by atoms with van der Waals surface area (Å²) in [5, 5.41) is 0. The molecule has 2 rings (SSSR count). The van der Waals surface area contributed by atoms with Crippen LogP contribution in [0.3, 0.4) is 0 Å². The highest BCUT2D eigenvalue weighted by molar-refractivity contribution is 5.91. The Hall–Kier alpha value is -2.89. The highest BCUT2D eigenvalue weighted by Gasteiger charge is 2.23. The first kappa shape index (κ1) is 23.4. The summed E-state index contributed by atoms with van der Waals surface area (Å²) in [5.41, 5.74) is 15.6. The van der Waals surface area contributed by atoms with E-state index in [1.54, 1.807) is 25.2 Å². The van der Waals surface area contributed by atoms with Crippen LogP contribution in [0.4, 0.5) is 21.9 Å². The van der Waals surface area contributed by atoms with Crippen molar-refractivity contribution in [2.75, 3.05) is 23.4 Å². The van der Waals surface area contributed by atoms with Gasteiger partial charge < -0.3 is 20.9 Å². The van der Waals surface area contributed by atoms with Gasteiger partial charge in [-0.2, -0.15) is 0 Å². The average molecular weight is 414 g/mol. The Morgan fingerprint density at radius 2 is 1.60 bits per heavy atom. The summed E-state index contributed by atoms with van der Waals surface area (Å²) >= 11 is 0. The Labute approximate surface area is 180 Å². The molecule has 0 bridgehead atoms. The molecule has 0 saturated carbocycles. The summed E-state index contributed by atoms with van der Waals surface area (Å²) in [7, 11) is 1.62. The number of carbonyl (C=O) groups is 1. The van der Waals surface area contributed by atoms with E-state index in [0.717, 1.165) is 16.8 Å². The van der Waals surface area contributed by atoms with Crippen molar-refractivity contribution in [3.05, 3.63) is 47.5 Å². The number of nitrogens with two attached hydrogens (primary N) is 2. The zero-order valence-corrected chi connectivity index (χ0v) is 19.4. The van der Waals surface area contributed by atoms with Crippen LogP contribution in [-0.2, 0) is 10.2 Å². The van der Waals surface area contributed by atoms with E-state index in [-0.39, 0.29) is 11.5 Å². The standard InChI is InChI=1S/C24H35N3O3/c1-15(16-9-11-18(20(26)13-16)23(2,3)4)29-17-10-12-19(25)21(14-17)27(8)22(28)30-24(5,6)7/h9-15H,25-26H2,1-8H3. The van der Waals surface area contributed by atoms with E-state index in [4.69, 9.17) is 20.9 Å². The molecular weight excluding hydrogens is 378 g/mol. The van der Waals surface area contributed by atoms with Crippen molar-refractivity contribution in [1.29, 1.82) is 0 Å². The zero-order chi connectivity index (χ0) is 22.9. The summed E-state index contributed by atoms with van der Waals surface area (Å²) < 4.78 is 11.5. The average Bonchev–Trinajstić information content (AvgIpc) is 2.60. The molecule has 2 aromatic rings. The second-order valence-electron chi connectivity index (χ2n) is 9.62. The van der Waals surface area contributed by atoms with E-state index in [2.05, 4.69) is 26.8 Å². The minimum Gasteiger partial charge on any atom is -0.486 e. The Morgan fingerprint density at radius 3 is 2.13 bits per heavy atom. The SMILES string of the molecule is CC(Oc1ccc(N)c(N(C)C(=O)OC(C)(C)C)c1)c1ccc(C(C)(C)C)c(N)c1. The number of ether oxygens (including phenoxy) is 2. The molecule has 0 fully saturated rings. The van der Waals surface area contributed by atoms with Gasteiger partial charge >= 0.3 is 6.09 Å². The fraction of sp³-hybridized carbons (Fsp3) is 0.458. The van der Waals surface area contributed by atoms with E-state index in [9.17, 15) is 4.79 Å². The van der Waals surface area contributed by atoms with Gasteiger partial charge in [0.2, 0.25) is 0 Å². The van der Waals surface area contributed by atoms with Gasteiger partial charge in [-0.1, -0.05) is 32.9 Å². The molecule has 1 atom stereocenters. The molecule has 6 nitrogen and oxygen atoms in total. The van der Waals surface area contributed by atoms with Gasteiger partial charge in [0.05, 0.1) is 11.4 Å². The molecule has 0 spiro atoms. The zero-order valence-electron chi connectivity index (χ0n) is 19.4. The van der Waals surface area contributed by atoms with Crippen LogP contribution >= 0.6 is 0 Å². The van der Waals surface area contributed by atoms with Crippen LogP contribution in [0.15, 0.2) is 36.4 Å². The van der Waals surface area contributed by atoms with Crippen LogP contribution in [0.25, 0.3) is 0 Å². The molecular formula is C24H35N3O3. The molecule has 164 valence electrons. The molecule has 0 saturated heterocycles. The van der Waals surface area contributed by atoms with E-state index in [1.807, 2.05) is 39.8 Å².